The average Bonchev–Trinajstić information content (AvgIpc) is 2.41. The van der Waals surface area contributed by atoms with Crippen molar-refractivity contribution in [3.05, 3.63) is 0 Å². The van der Waals surface area contributed by atoms with Crippen molar-refractivity contribution in [1.29, 1.82) is 0 Å². The molecule has 4 nitrogen and oxygen atoms in total. The second-order valence-corrected chi connectivity index (χ2v) is 5.60. The van der Waals surface area contributed by atoms with Crippen molar-refractivity contribution in [2.75, 3.05) is 13.6 Å². The molecule has 0 heterocycles. The van der Waals surface area contributed by atoms with E-state index in [2.05, 4.69) is 31.0 Å². The van der Waals surface area contributed by atoms with E-state index in [-0.39, 0.29) is 0 Å². The predicted molar refractivity (Wildman–Crippen MR) is 82.7 cm³/mol. The largest absolute Gasteiger partial charge is 0.409 e. The van der Waals surface area contributed by atoms with Crippen molar-refractivity contribution in [3.63, 3.8) is 0 Å². The Bertz CT molecular complexity index is 231. The summed E-state index contributed by atoms with van der Waals surface area (Å²) in [5, 5.41) is 11.6. The summed E-state index contributed by atoms with van der Waals surface area (Å²) in [7, 11) is 2.11. The van der Waals surface area contributed by atoms with E-state index >= 15 is 0 Å². The van der Waals surface area contributed by atoms with Gasteiger partial charge in [0.1, 0.15) is 5.84 Å². The second-order valence-electron chi connectivity index (χ2n) is 5.60. The number of hydrogen-bond acceptors (Lipinski definition) is 3. The van der Waals surface area contributed by atoms with Gasteiger partial charge in [0.2, 0.25) is 0 Å². The first kappa shape index (κ1) is 18.2. The molecule has 1 atom stereocenters. The van der Waals surface area contributed by atoms with Crippen LogP contribution >= 0.6 is 0 Å². The Morgan fingerprint density at radius 3 is 2.16 bits per heavy atom. The number of nitrogens with zero attached hydrogens (tertiary/aromatic N) is 2. The summed E-state index contributed by atoms with van der Waals surface area (Å²) in [6.45, 7) is 5.46. The standard InChI is InChI=1S/C15H33N3O/c1-4-5-6-7-8-9-10-11-12-18(3)14(2)13-15(16)17-19/h14,19H,4-13H2,1-3H3,(H2,16,17). The Labute approximate surface area is 119 Å². The number of unbranched alkanes of at least 4 members (excludes halogenated alkanes) is 7. The first-order chi connectivity index (χ1) is 9.11. The molecule has 0 aromatic heterocycles. The molecule has 4 heteroatoms. The van der Waals surface area contributed by atoms with Crippen molar-refractivity contribution in [2.45, 2.75) is 77.7 Å². The maximum atomic E-state index is 8.54. The van der Waals surface area contributed by atoms with Crippen LogP contribution in [0.25, 0.3) is 0 Å². The lowest BCUT2D eigenvalue weighted by molar-refractivity contribution is 0.253. The summed E-state index contributed by atoms with van der Waals surface area (Å²) in [4.78, 5) is 2.29. The second kappa shape index (κ2) is 12.3. The molecule has 0 fully saturated rings. The molecule has 1 unspecified atom stereocenters. The van der Waals surface area contributed by atoms with Gasteiger partial charge in [0.25, 0.3) is 0 Å². The molecule has 0 saturated carbocycles. The van der Waals surface area contributed by atoms with E-state index in [0.717, 1.165) is 6.54 Å². The molecule has 114 valence electrons. The molecular weight excluding hydrogens is 238 g/mol. The van der Waals surface area contributed by atoms with E-state index in [9.17, 15) is 0 Å². The van der Waals surface area contributed by atoms with Crippen LogP contribution in [0.1, 0.15) is 71.6 Å². The van der Waals surface area contributed by atoms with E-state index in [1.807, 2.05) is 0 Å². The number of amidine groups is 1. The van der Waals surface area contributed by atoms with Crippen LogP contribution in [0.2, 0.25) is 0 Å². The predicted octanol–water partition coefficient (Wildman–Crippen LogP) is 3.58. The summed E-state index contributed by atoms with van der Waals surface area (Å²) in [6.07, 6.45) is 11.4. The van der Waals surface area contributed by atoms with Gasteiger partial charge in [0, 0.05) is 12.5 Å². The van der Waals surface area contributed by atoms with Crippen LogP contribution in [0.3, 0.4) is 0 Å². The fourth-order valence-corrected chi connectivity index (χ4v) is 2.21. The monoisotopic (exact) mass is 271 g/mol. The zero-order valence-electron chi connectivity index (χ0n) is 13.1. The van der Waals surface area contributed by atoms with Gasteiger partial charge in [0.15, 0.2) is 0 Å². The fourth-order valence-electron chi connectivity index (χ4n) is 2.21. The molecule has 19 heavy (non-hydrogen) atoms. The molecule has 0 bridgehead atoms. The molecule has 0 aromatic rings. The lowest BCUT2D eigenvalue weighted by atomic mass is 10.1. The minimum Gasteiger partial charge on any atom is -0.409 e. The highest BCUT2D eigenvalue weighted by molar-refractivity contribution is 5.80. The van der Waals surface area contributed by atoms with Crippen LogP contribution in [-0.4, -0.2) is 35.6 Å². The van der Waals surface area contributed by atoms with E-state index in [1.54, 1.807) is 0 Å². The molecule has 0 rings (SSSR count). The third-order valence-corrected chi connectivity index (χ3v) is 3.75. The van der Waals surface area contributed by atoms with Gasteiger partial charge in [-0.25, -0.2) is 0 Å². The molecule has 0 aliphatic heterocycles. The molecule has 0 amide bonds. The summed E-state index contributed by atoms with van der Waals surface area (Å²) >= 11 is 0. The van der Waals surface area contributed by atoms with Gasteiger partial charge in [-0.1, -0.05) is 57.0 Å². The summed E-state index contributed by atoms with van der Waals surface area (Å²) in [6, 6.07) is 0.334. The van der Waals surface area contributed by atoms with Crippen molar-refractivity contribution < 1.29 is 5.21 Å². The highest BCUT2D eigenvalue weighted by Gasteiger charge is 2.10. The zero-order valence-corrected chi connectivity index (χ0v) is 13.1. The molecule has 0 aliphatic rings. The first-order valence-electron chi connectivity index (χ1n) is 7.78. The number of oxime groups is 1. The molecule has 0 saturated heterocycles. The van der Waals surface area contributed by atoms with Crippen LogP contribution in [-0.2, 0) is 0 Å². The smallest absolute Gasteiger partial charge is 0.140 e. The van der Waals surface area contributed by atoms with E-state index in [0.29, 0.717) is 18.3 Å². The van der Waals surface area contributed by atoms with E-state index in [4.69, 9.17) is 10.9 Å². The highest BCUT2D eigenvalue weighted by atomic mass is 16.4. The van der Waals surface area contributed by atoms with Gasteiger partial charge in [-0.15, -0.1) is 0 Å². The number of rotatable bonds is 12. The average molecular weight is 271 g/mol. The molecule has 0 aliphatic carbocycles. The van der Waals surface area contributed by atoms with Gasteiger partial charge in [0.05, 0.1) is 0 Å². The Hall–Kier alpha value is -0.770. The Kier molecular flexibility index (Phi) is 11.8. The molecule has 0 aromatic carbocycles. The molecular formula is C15H33N3O. The fraction of sp³-hybridized carbons (Fsp3) is 0.933. The van der Waals surface area contributed by atoms with Gasteiger partial charge in [-0.2, -0.15) is 0 Å². The van der Waals surface area contributed by atoms with Gasteiger partial charge in [-0.05, 0) is 26.9 Å². The number of nitrogens with two attached hydrogens (primary N) is 1. The Morgan fingerprint density at radius 2 is 1.63 bits per heavy atom. The normalized spacial score (nSPS) is 14.0. The van der Waals surface area contributed by atoms with E-state index < -0.39 is 0 Å². The maximum absolute atomic E-state index is 8.54. The number of hydrogen-bond donors (Lipinski definition) is 2. The van der Waals surface area contributed by atoms with Crippen molar-refractivity contribution in [3.8, 4) is 0 Å². The van der Waals surface area contributed by atoms with Crippen LogP contribution < -0.4 is 5.73 Å². The van der Waals surface area contributed by atoms with Crippen molar-refractivity contribution >= 4 is 5.84 Å². The van der Waals surface area contributed by atoms with Crippen LogP contribution in [0.4, 0.5) is 0 Å². The minimum atomic E-state index is 0.315. The molecule has 0 spiro atoms. The van der Waals surface area contributed by atoms with Crippen LogP contribution in [0.15, 0.2) is 5.16 Å². The lowest BCUT2D eigenvalue weighted by Gasteiger charge is -2.24. The minimum absolute atomic E-state index is 0.315. The van der Waals surface area contributed by atoms with Crippen molar-refractivity contribution in [2.24, 2.45) is 10.9 Å². The Morgan fingerprint density at radius 1 is 1.11 bits per heavy atom. The zero-order chi connectivity index (χ0) is 14.5. The Balaban J connectivity index is 3.44. The van der Waals surface area contributed by atoms with Crippen LogP contribution in [0.5, 0.6) is 0 Å². The quantitative estimate of drug-likeness (QED) is 0.187. The summed E-state index contributed by atoms with van der Waals surface area (Å²) in [5.41, 5.74) is 5.52. The van der Waals surface area contributed by atoms with Gasteiger partial charge < -0.3 is 15.8 Å². The topological polar surface area (TPSA) is 61.8 Å². The summed E-state index contributed by atoms with van der Waals surface area (Å²) in [5.74, 6) is 0.315. The SMILES string of the molecule is CCCCCCCCCCN(C)C(C)CC(N)=NO. The van der Waals surface area contributed by atoms with Gasteiger partial charge >= 0.3 is 0 Å². The van der Waals surface area contributed by atoms with Crippen LogP contribution in [0, 0.1) is 0 Å². The highest BCUT2D eigenvalue weighted by Crippen LogP contribution is 2.09. The lowest BCUT2D eigenvalue weighted by Crippen LogP contribution is -2.33. The van der Waals surface area contributed by atoms with E-state index in [1.165, 1.54) is 51.4 Å². The molecule has 3 N–H and O–H groups in total. The molecule has 0 radical (unpaired) electrons. The van der Waals surface area contributed by atoms with Crippen molar-refractivity contribution in [1.82, 2.24) is 4.90 Å². The summed E-state index contributed by atoms with van der Waals surface area (Å²) < 4.78 is 0. The third kappa shape index (κ3) is 10.8. The first-order valence-corrected chi connectivity index (χ1v) is 7.78. The third-order valence-electron chi connectivity index (χ3n) is 3.75. The van der Waals surface area contributed by atoms with Gasteiger partial charge in [-0.3, -0.25) is 0 Å². The maximum Gasteiger partial charge on any atom is 0.140 e.